The molecule has 0 saturated carbocycles. The third-order valence-electron chi connectivity index (χ3n) is 5.02. The molecule has 0 saturated heterocycles. The fraction of sp³-hybridized carbons (Fsp3) is 0.125. The Morgan fingerprint density at radius 1 is 1.00 bits per heavy atom. The molecule has 156 valence electrons. The van der Waals surface area contributed by atoms with Gasteiger partial charge in [0.15, 0.2) is 0 Å². The van der Waals surface area contributed by atoms with Gasteiger partial charge in [0, 0.05) is 0 Å². The van der Waals surface area contributed by atoms with Crippen LogP contribution in [0.25, 0.3) is 22.0 Å². The first-order valence-electron chi connectivity index (χ1n) is 9.71. The van der Waals surface area contributed by atoms with E-state index in [0.29, 0.717) is 22.8 Å². The topological polar surface area (TPSA) is 88.6 Å². The minimum atomic E-state index is -0.384. The van der Waals surface area contributed by atoms with Crippen LogP contribution in [0.1, 0.15) is 23.0 Å². The van der Waals surface area contributed by atoms with Crippen LogP contribution in [-0.4, -0.2) is 36.0 Å². The number of benzene rings is 3. The molecule has 4 rings (SSSR count). The highest BCUT2D eigenvalue weighted by Crippen LogP contribution is 2.36. The number of nitrogens with zero attached hydrogens (tertiary/aromatic N) is 2. The minimum Gasteiger partial charge on any atom is -0.497 e. The van der Waals surface area contributed by atoms with Gasteiger partial charge >= 0.3 is 0 Å². The first-order chi connectivity index (χ1) is 15.1. The molecule has 0 fully saturated rings. The van der Waals surface area contributed by atoms with Crippen molar-refractivity contribution in [3.05, 3.63) is 78.0 Å². The van der Waals surface area contributed by atoms with E-state index in [4.69, 9.17) is 9.47 Å². The Bertz CT molecular complexity index is 1260. The highest BCUT2D eigenvalue weighted by atomic mass is 16.5. The van der Waals surface area contributed by atoms with Crippen molar-refractivity contribution in [2.45, 2.75) is 6.92 Å². The summed E-state index contributed by atoms with van der Waals surface area (Å²) in [5.74, 6) is 1.06. The average Bonchev–Trinajstić information content (AvgIpc) is 3.31. The maximum Gasteiger partial charge on any atom is 0.289 e. The van der Waals surface area contributed by atoms with Crippen molar-refractivity contribution in [1.29, 1.82) is 0 Å². The van der Waals surface area contributed by atoms with Gasteiger partial charge in [0.1, 0.15) is 17.2 Å². The zero-order chi connectivity index (χ0) is 21.8. The van der Waals surface area contributed by atoms with Crippen LogP contribution in [0.5, 0.6) is 11.5 Å². The molecule has 4 aromatic rings. The second-order valence-corrected chi connectivity index (χ2v) is 6.90. The van der Waals surface area contributed by atoms with Crippen LogP contribution in [0.4, 0.5) is 0 Å². The van der Waals surface area contributed by atoms with Gasteiger partial charge in [-0.2, -0.15) is 10.2 Å². The molecular formula is C24H22N4O3. The number of carbonyl (C=O) groups excluding carboxylic acids is 1. The lowest BCUT2D eigenvalue weighted by atomic mass is 10.0. The number of amides is 1. The normalized spacial score (nSPS) is 11.4. The number of H-pyrrole nitrogens is 1. The Balaban J connectivity index is 1.58. The van der Waals surface area contributed by atoms with Gasteiger partial charge < -0.3 is 9.47 Å². The first kappa shape index (κ1) is 20.2. The van der Waals surface area contributed by atoms with Gasteiger partial charge in [-0.1, -0.05) is 30.3 Å². The van der Waals surface area contributed by atoms with Gasteiger partial charge in [0.05, 0.1) is 31.2 Å². The number of aromatic amines is 1. The zero-order valence-corrected chi connectivity index (χ0v) is 17.5. The van der Waals surface area contributed by atoms with E-state index in [9.17, 15) is 4.79 Å². The quantitative estimate of drug-likeness (QED) is 0.362. The molecule has 1 heterocycles. The summed E-state index contributed by atoms with van der Waals surface area (Å²) in [6.45, 7) is 1.82. The molecular weight excluding hydrogens is 392 g/mol. The number of methoxy groups -OCH3 is 2. The van der Waals surface area contributed by atoms with E-state index in [2.05, 4.69) is 20.7 Å². The van der Waals surface area contributed by atoms with E-state index < -0.39 is 0 Å². The summed E-state index contributed by atoms with van der Waals surface area (Å²) < 4.78 is 10.7. The minimum absolute atomic E-state index is 0.302. The van der Waals surface area contributed by atoms with Crippen LogP contribution < -0.4 is 14.9 Å². The zero-order valence-electron chi connectivity index (χ0n) is 17.5. The molecule has 0 radical (unpaired) electrons. The van der Waals surface area contributed by atoms with Crippen molar-refractivity contribution in [2.75, 3.05) is 14.2 Å². The molecule has 7 heteroatoms. The van der Waals surface area contributed by atoms with Gasteiger partial charge in [-0.15, -0.1) is 0 Å². The molecule has 1 amide bonds. The van der Waals surface area contributed by atoms with Crippen molar-refractivity contribution in [3.63, 3.8) is 0 Å². The van der Waals surface area contributed by atoms with Crippen LogP contribution in [0, 0.1) is 0 Å². The summed E-state index contributed by atoms with van der Waals surface area (Å²) in [6.07, 6.45) is 0. The number of carbonyl (C=O) groups is 1. The molecule has 3 aromatic carbocycles. The molecule has 31 heavy (non-hydrogen) atoms. The molecule has 1 aromatic heterocycles. The van der Waals surface area contributed by atoms with E-state index in [1.165, 1.54) is 0 Å². The van der Waals surface area contributed by atoms with Gasteiger partial charge in [-0.25, -0.2) is 5.43 Å². The Labute approximate surface area is 179 Å². The summed E-state index contributed by atoms with van der Waals surface area (Å²) in [5.41, 5.74) is 5.88. The fourth-order valence-electron chi connectivity index (χ4n) is 3.34. The number of rotatable bonds is 6. The average molecular weight is 414 g/mol. The summed E-state index contributed by atoms with van der Waals surface area (Å²) in [6, 6.07) is 21.0. The molecule has 0 bridgehead atoms. The first-order valence-corrected chi connectivity index (χ1v) is 9.71. The number of nitrogens with one attached hydrogen (secondary N) is 2. The van der Waals surface area contributed by atoms with Crippen molar-refractivity contribution < 1.29 is 14.3 Å². The van der Waals surface area contributed by atoms with Crippen molar-refractivity contribution in [3.8, 4) is 22.8 Å². The second kappa shape index (κ2) is 8.71. The van der Waals surface area contributed by atoms with Crippen LogP contribution in [-0.2, 0) is 0 Å². The summed E-state index contributed by atoms with van der Waals surface area (Å²) in [4.78, 5) is 12.6. The predicted octanol–water partition coefficient (Wildman–Crippen LogP) is 4.40. The Morgan fingerprint density at radius 2 is 1.77 bits per heavy atom. The van der Waals surface area contributed by atoms with Gasteiger partial charge in [0.25, 0.3) is 5.91 Å². The fourth-order valence-corrected chi connectivity index (χ4v) is 3.34. The maximum absolute atomic E-state index is 12.6. The Hall–Kier alpha value is -4.13. The summed E-state index contributed by atoms with van der Waals surface area (Å²) >= 11 is 0. The smallest absolute Gasteiger partial charge is 0.289 e. The van der Waals surface area contributed by atoms with Crippen LogP contribution in [0.2, 0.25) is 0 Å². The number of hydrogen-bond acceptors (Lipinski definition) is 5. The molecule has 7 nitrogen and oxygen atoms in total. The second-order valence-electron chi connectivity index (χ2n) is 6.90. The Morgan fingerprint density at radius 3 is 2.52 bits per heavy atom. The van der Waals surface area contributed by atoms with Crippen LogP contribution in [0.15, 0.2) is 71.8 Å². The molecule has 0 spiro atoms. The van der Waals surface area contributed by atoms with Crippen molar-refractivity contribution in [1.82, 2.24) is 15.6 Å². The number of aromatic nitrogens is 2. The lowest BCUT2D eigenvalue weighted by Gasteiger charge is -2.09. The number of ether oxygens (including phenoxy) is 2. The van der Waals surface area contributed by atoms with E-state index in [1.807, 2.05) is 67.6 Å². The van der Waals surface area contributed by atoms with E-state index in [1.54, 1.807) is 20.3 Å². The number of hydrazone groups is 1. The molecule has 0 atom stereocenters. The van der Waals surface area contributed by atoms with Gasteiger partial charge in [-0.05, 0) is 59.7 Å². The van der Waals surface area contributed by atoms with Gasteiger partial charge in [-0.3, -0.25) is 9.89 Å². The largest absolute Gasteiger partial charge is 0.497 e. The maximum atomic E-state index is 12.6. The third-order valence-corrected chi connectivity index (χ3v) is 5.02. The van der Waals surface area contributed by atoms with Gasteiger partial charge in [0.2, 0.25) is 0 Å². The summed E-state index contributed by atoms with van der Waals surface area (Å²) in [5, 5.41) is 13.4. The monoisotopic (exact) mass is 414 g/mol. The highest BCUT2D eigenvalue weighted by molar-refractivity contribution is 6.02. The van der Waals surface area contributed by atoms with E-state index in [-0.39, 0.29) is 5.91 Å². The van der Waals surface area contributed by atoms with Crippen molar-refractivity contribution >= 4 is 22.4 Å². The van der Waals surface area contributed by atoms with E-state index in [0.717, 1.165) is 27.6 Å². The molecule has 2 N–H and O–H groups in total. The lowest BCUT2D eigenvalue weighted by Crippen LogP contribution is -2.19. The molecule has 0 unspecified atom stereocenters. The number of fused-ring (bicyclic) bond motifs is 1. The Kier molecular flexibility index (Phi) is 5.66. The standard InChI is InChI=1S/C24H22N4O3/c1-15(16-8-11-18(30-2)12-9-16)25-28-24(29)21-14-20(26-27-21)23-19-7-5-4-6-17(19)10-13-22(23)31-3/h4-14H,1-3H3,(H,26,27)(H,28,29)/b25-15+. The summed E-state index contributed by atoms with van der Waals surface area (Å²) in [7, 11) is 3.23. The number of hydrogen-bond donors (Lipinski definition) is 2. The van der Waals surface area contributed by atoms with Crippen molar-refractivity contribution in [2.24, 2.45) is 5.10 Å². The predicted molar refractivity (Wildman–Crippen MR) is 121 cm³/mol. The molecule has 0 aliphatic rings. The SMILES string of the molecule is COc1ccc(/C(C)=N/NC(=O)c2cc(-c3c(OC)ccc4ccccc34)n[nH]2)cc1. The lowest BCUT2D eigenvalue weighted by molar-refractivity contribution is 0.0950. The molecule has 0 aliphatic heterocycles. The third kappa shape index (κ3) is 4.11. The highest BCUT2D eigenvalue weighted by Gasteiger charge is 2.16. The van der Waals surface area contributed by atoms with E-state index >= 15 is 0 Å². The van der Waals surface area contributed by atoms with Crippen LogP contribution in [0.3, 0.4) is 0 Å². The van der Waals surface area contributed by atoms with Crippen LogP contribution >= 0.6 is 0 Å². The molecule has 0 aliphatic carbocycles.